The van der Waals surface area contributed by atoms with Crippen LogP contribution >= 0.6 is 10.0 Å². The molecule has 1 aromatic rings. The van der Waals surface area contributed by atoms with Crippen LogP contribution in [-0.2, 0) is 6.54 Å². The number of hydrogen-bond acceptors (Lipinski definition) is 2. The lowest BCUT2D eigenvalue weighted by Gasteiger charge is -2.30. The summed E-state index contributed by atoms with van der Waals surface area (Å²) in [6.45, 7) is 1.40. The molecule has 1 unspecified atom stereocenters. The Morgan fingerprint density at radius 1 is 1.22 bits per heavy atom. The third-order valence-electron chi connectivity index (χ3n) is 3.11. The summed E-state index contributed by atoms with van der Waals surface area (Å²) < 4.78 is 2.13. The van der Waals surface area contributed by atoms with E-state index in [2.05, 4.69) is 28.3 Å². The van der Waals surface area contributed by atoms with E-state index in [9.17, 15) is 0 Å². The molecular weight excluding hydrogens is 244 g/mol. The molecule has 1 aromatic heterocycles. The summed E-state index contributed by atoms with van der Waals surface area (Å²) in [7, 11) is -0.452. The minimum Gasteiger partial charge on any atom is -0.396 e. The molecule has 1 N–H and O–H groups in total. The topological polar surface area (TPSA) is 38.0 Å². The zero-order chi connectivity index (χ0) is 13.4. The maximum Gasteiger partial charge on any atom is 0.0945 e. The summed E-state index contributed by atoms with van der Waals surface area (Å²) in [5.74, 6) is 1.99. The van der Waals surface area contributed by atoms with Gasteiger partial charge in [-0.05, 0) is 49.7 Å². The number of aromatic nitrogens is 2. The van der Waals surface area contributed by atoms with Crippen molar-refractivity contribution in [2.24, 2.45) is 5.92 Å². The number of nitrogens with zero attached hydrogens (tertiary/aromatic N) is 2. The normalized spacial score (nSPS) is 14.7. The predicted molar refractivity (Wildman–Crippen MR) is 81.5 cm³/mol. The Labute approximate surface area is 113 Å². The smallest absolute Gasteiger partial charge is 0.0945 e. The standard InChI is InChI=1S/C14H28N2OS/c1-18(2,3)12-14(7-11-17)6-4-5-9-16-10-8-15-13-16/h8,10,13-14,17H,4-7,9,11-12H2,1-3H3. The van der Waals surface area contributed by atoms with Crippen molar-refractivity contribution in [3.8, 4) is 0 Å². The van der Waals surface area contributed by atoms with Crippen molar-refractivity contribution in [1.82, 2.24) is 9.55 Å². The second kappa shape index (κ2) is 7.85. The Morgan fingerprint density at radius 3 is 2.56 bits per heavy atom. The first-order chi connectivity index (χ1) is 8.51. The van der Waals surface area contributed by atoms with E-state index < -0.39 is 10.0 Å². The molecule has 0 radical (unpaired) electrons. The van der Waals surface area contributed by atoms with Gasteiger partial charge in [-0.2, -0.15) is 0 Å². The van der Waals surface area contributed by atoms with Crippen LogP contribution in [0, 0.1) is 5.92 Å². The van der Waals surface area contributed by atoms with Crippen LogP contribution in [-0.4, -0.2) is 45.8 Å². The average Bonchev–Trinajstić information content (AvgIpc) is 2.75. The Balaban J connectivity index is 2.20. The summed E-state index contributed by atoms with van der Waals surface area (Å²) in [5, 5.41) is 9.14. The van der Waals surface area contributed by atoms with Gasteiger partial charge in [-0.25, -0.2) is 15.0 Å². The first-order valence-electron chi connectivity index (χ1n) is 6.74. The van der Waals surface area contributed by atoms with Gasteiger partial charge < -0.3 is 9.67 Å². The quantitative estimate of drug-likeness (QED) is 0.702. The van der Waals surface area contributed by atoms with Crippen molar-refractivity contribution >= 4 is 10.0 Å². The zero-order valence-electron chi connectivity index (χ0n) is 12.0. The minimum absolute atomic E-state index is 0.335. The molecule has 0 saturated carbocycles. The molecule has 1 rings (SSSR count). The molecule has 0 amide bonds. The maximum absolute atomic E-state index is 9.14. The van der Waals surface area contributed by atoms with Gasteiger partial charge in [0.05, 0.1) is 6.33 Å². The number of aryl methyl sites for hydroxylation is 1. The molecule has 0 fully saturated rings. The average molecular weight is 272 g/mol. The molecule has 4 heteroatoms. The van der Waals surface area contributed by atoms with E-state index >= 15 is 0 Å². The van der Waals surface area contributed by atoms with Gasteiger partial charge in [-0.3, -0.25) is 0 Å². The highest BCUT2D eigenvalue weighted by Crippen LogP contribution is 2.39. The molecular formula is C14H28N2OS. The fraction of sp³-hybridized carbons (Fsp3) is 0.786. The zero-order valence-corrected chi connectivity index (χ0v) is 12.8. The third-order valence-corrected chi connectivity index (χ3v) is 4.58. The van der Waals surface area contributed by atoms with E-state index in [0.29, 0.717) is 12.5 Å². The number of imidazole rings is 1. The van der Waals surface area contributed by atoms with E-state index in [1.165, 1.54) is 25.0 Å². The molecule has 3 nitrogen and oxygen atoms in total. The highest BCUT2D eigenvalue weighted by molar-refractivity contribution is 8.32. The molecule has 0 bridgehead atoms. The van der Waals surface area contributed by atoms with Gasteiger partial charge in [0.2, 0.25) is 0 Å². The van der Waals surface area contributed by atoms with E-state index in [4.69, 9.17) is 5.11 Å². The van der Waals surface area contributed by atoms with Crippen molar-refractivity contribution in [3.05, 3.63) is 18.7 Å². The largest absolute Gasteiger partial charge is 0.396 e. The molecule has 0 aliphatic heterocycles. The molecule has 18 heavy (non-hydrogen) atoms. The summed E-state index contributed by atoms with van der Waals surface area (Å²) in [6, 6.07) is 0. The molecule has 0 spiro atoms. The molecule has 1 heterocycles. The lowest BCUT2D eigenvalue weighted by Crippen LogP contribution is -2.13. The van der Waals surface area contributed by atoms with Gasteiger partial charge in [0.15, 0.2) is 0 Å². The Kier molecular flexibility index (Phi) is 6.79. The molecule has 1 atom stereocenters. The summed E-state index contributed by atoms with van der Waals surface area (Å²) in [4.78, 5) is 4.05. The van der Waals surface area contributed by atoms with Crippen LogP contribution in [0.3, 0.4) is 0 Å². The molecule has 106 valence electrons. The maximum atomic E-state index is 9.14. The Bertz CT molecular complexity index is 306. The lowest BCUT2D eigenvalue weighted by atomic mass is 10.0. The van der Waals surface area contributed by atoms with Gasteiger partial charge in [0, 0.05) is 25.5 Å². The number of aliphatic hydroxyl groups excluding tert-OH is 1. The van der Waals surface area contributed by atoms with Crippen LogP contribution < -0.4 is 0 Å². The number of hydrogen-bond donors (Lipinski definition) is 1. The van der Waals surface area contributed by atoms with Crippen LogP contribution in [0.25, 0.3) is 0 Å². The summed E-state index contributed by atoms with van der Waals surface area (Å²) in [5.41, 5.74) is 0. The molecule has 0 aliphatic rings. The van der Waals surface area contributed by atoms with Crippen LogP contribution in [0.5, 0.6) is 0 Å². The van der Waals surface area contributed by atoms with E-state index in [1.54, 1.807) is 0 Å². The fourth-order valence-corrected chi connectivity index (χ4v) is 4.09. The highest BCUT2D eigenvalue weighted by atomic mass is 32.3. The third kappa shape index (κ3) is 7.07. The van der Waals surface area contributed by atoms with Gasteiger partial charge in [0.25, 0.3) is 0 Å². The monoisotopic (exact) mass is 272 g/mol. The predicted octanol–water partition coefficient (Wildman–Crippen LogP) is 2.75. The second-order valence-electron chi connectivity index (χ2n) is 5.93. The van der Waals surface area contributed by atoms with Crippen LogP contribution in [0.2, 0.25) is 0 Å². The van der Waals surface area contributed by atoms with Gasteiger partial charge in [-0.1, -0.05) is 6.42 Å². The molecule has 0 saturated heterocycles. The summed E-state index contributed by atoms with van der Waals surface area (Å²) >= 11 is 0. The first kappa shape index (κ1) is 15.6. The van der Waals surface area contributed by atoms with Crippen molar-refractivity contribution in [1.29, 1.82) is 0 Å². The van der Waals surface area contributed by atoms with E-state index in [0.717, 1.165) is 13.0 Å². The number of unbranched alkanes of at least 4 members (excludes halogenated alkanes) is 1. The minimum atomic E-state index is -0.452. The molecule has 0 aromatic carbocycles. The van der Waals surface area contributed by atoms with Crippen molar-refractivity contribution in [3.63, 3.8) is 0 Å². The Hall–Kier alpha value is -0.480. The van der Waals surface area contributed by atoms with Crippen LogP contribution in [0.1, 0.15) is 25.7 Å². The van der Waals surface area contributed by atoms with E-state index in [1.807, 2.05) is 18.7 Å². The first-order valence-corrected chi connectivity index (χ1v) is 9.76. The van der Waals surface area contributed by atoms with Crippen molar-refractivity contribution in [2.45, 2.75) is 32.2 Å². The second-order valence-corrected chi connectivity index (χ2v) is 10.4. The van der Waals surface area contributed by atoms with E-state index in [-0.39, 0.29) is 0 Å². The van der Waals surface area contributed by atoms with Gasteiger partial charge in [0.1, 0.15) is 0 Å². The lowest BCUT2D eigenvalue weighted by molar-refractivity contribution is 0.257. The van der Waals surface area contributed by atoms with Crippen molar-refractivity contribution < 1.29 is 5.11 Å². The number of aliphatic hydroxyl groups is 1. The van der Waals surface area contributed by atoms with Gasteiger partial charge in [-0.15, -0.1) is 0 Å². The van der Waals surface area contributed by atoms with Crippen LogP contribution in [0.15, 0.2) is 18.7 Å². The molecule has 0 aliphatic carbocycles. The van der Waals surface area contributed by atoms with Gasteiger partial charge >= 0.3 is 0 Å². The SMILES string of the molecule is CS(C)(C)CC(CCO)CCCCn1ccnc1. The highest BCUT2D eigenvalue weighted by Gasteiger charge is 2.14. The summed E-state index contributed by atoms with van der Waals surface area (Å²) in [6.07, 6.45) is 17.5. The fourth-order valence-electron chi connectivity index (χ4n) is 2.35. The Morgan fingerprint density at radius 2 is 2.00 bits per heavy atom. The number of rotatable bonds is 9. The van der Waals surface area contributed by atoms with Crippen LogP contribution in [0.4, 0.5) is 0 Å². The van der Waals surface area contributed by atoms with Crippen molar-refractivity contribution in [2.75, 3.05) is 31.1 Å².